The van der Waals surface area contributed by atoms with Crippen molar-refractivity contribution < 1.29 is 51.2 Å². The average Bonchev–Trinajstić information content (AvgIpc) is 2.50. The number of nitrogens with zero attached hydrogens (tertiary/aromatic N) is 4. The SMILES string of the molecule is CC(C)=CCC/C(C)=C/C(Nc1ccc([N+](=O)[O-])cc1)OP(=O)(OC(/C=C(\C)CCC=C(C)C)Nc1ccc([N+](=O)[O-])cc1)OP(=O)(OC(/C=C(\C)CCC=C(C)C)Nc1ccc([N+](=O)[O-])cc1)OC(/C=C(\C)CCC=C(C)C)Nc1ccc([N+](=O)[O-])cc1. The van der Waals surface area contributed by atoms with Crippen molar-refractivity contribution in [2.45, 2.75) is 159 Å². The topological polar surface area (TPSA) is 301 Å². The molecular weight excluding hydrogens is 1180 g/mol. The molecule has 0 fully saturated rings. The first-order valence-electron chi connectivity index (χ1n) is 28.9. The van der Waals surface area contributed by atoms with E-state index in [2.05, 4.69) is 21.3 Å². The molecule has 4 atom stereocenters. The highest BCUT2D eigenvalue weighted by atomic mass is 31.3. The summed E-state index contributed by atoms with van der Waals surface area (Å²) in [5.74, 6) is 0. The van der Waals surface area contributed by atoms with Gasteiger partial charge in [0.2, 0.25) is 0 Å². The first-order valence-corrected chi connectivity index (χ1v) is 31.8. The number of hydrogen-bond acceptors (Lipinski definition) is 19. The third-order valence-corrected chi connectivity index (χ3v) is 16.4. The molecule has 25 heteroatoms. The molecule has 0 saturated carbocycles. The molecule has 0 heterocycles. The van der Waals surface area contributed by atoms with Gasteiger partial charge in [-0.1, -0.05) is 68.9 Å². The number of hydrogen-bond donors (Lipinski definition) is 4. The molecule has 4 aromatic carbocycles. The fourth-order valence-electron chi connectivity index (χ4n) is 8.29. The van der Waals surface area contributed by atoms with Crippen LogP contribution in [0.1, 0.15) is 134 Å². The molecule has 4 rings (SSSR count). The number of rotatable bonds is 38. The maximum Gasteiger partial charge on any atom is 0.488 e. The van der Waals surface area contributed by atoms with Crippen LogP contribution in [0.5, 0.6) is 0 Å². The summed E-state index contributed by atoms with van der Waals surface area (Å²) in [6, 6.07) is 21.3. The van der Waals surface area contributed by atoms with E-state index in [0.717, 1.165) is 22.3 Å². The van der Waals surface area contributed by atoms with E-state index in [1.165, 1.54) is 97.1 Å². The Morgan fingerprint density at radius 3 is 0.697 bits per heavy atom. The van der Waals surface area contributed by atoms with Crippen LogP contribution in [-0.4, -0.2) is 44.6 Å². The Labute approximate surface area is 521 Å². The predicted octanol–water partition coefficient (Wildman–Crippen LogP) is 19.4. The van der Waals surface area contributed by atoms with Crippen LogP contribution >= 0.6 is 15.6 Å². The molecule has 0 radical (unpaired) electrons. The van der Waals surface area contributed by atoms with E-state index >= 15 is 9.13 Å². The lowest BCUT2D eigenvalue weighted by atomic mass is 10.1. The van der Waals surface area contributed by atoms with Crippen LogP contribution in [0.2, 0.25) is 0 Å². The van der Waals surface area contributed by atoms with Gasteiger partial charge in [-0.25, -0.2) is 9.13 Å². The molecule has 4 aromatic rings. The first kappa shape index (κ1) is 73.3. The van der Waals surface area contributed by atoms with Crippen molar-refractivity contribution in [3.63, 3.8) is 0 Å². The van der Waals surface area contributed by atoms with Crippen LogP contribution < -0.4 is 21.3 Å². The Kier molecular flexibility index (Phi) is 30.0. The van der Waals surface area contributed by atoms with Crippen molar-refractivity contribution in [3.05, 3.63) is 231 Å². The van der Waals surface area contributed by atoms with E-state index < -0.39 is 60.3 Å². The third kappa shape index (κ3) is 28.7. The second kappa shape index (κ2) is 36.4. The van der Waals surface area contributed by atoms with Crippen molar-refractivity contribution in [2.75, 3.05) is 21.3 Å². The number of phosphoric acid groups is 2. The molecule has 0 aliphatic heterocycles. The van der Waals surface area contributed by atoms with E-state index in [0.29, 0.717) is 73.7 Å². The quantitative estimate of drug-likeness (QED) is 0.0107. The molecule has 89 heavy (non-hydrogen) atoms. The van der Waals surface area contributed by atoms with E-state index in [1.54, 1.807) is 52.0 Å². The molecule has 0 aliphatic carbocycles. The van der Waals surface area contributed by atoms with Crippen LogP contribution in [0.25, 0.3) is 0 Å². The maximum absolute atomic E-state index is 16.7. The van der Waals surface area contributed by atoms with Gasteiger partial charge in [0.25, 0.3) is 22.7 Å². The maximum atomic E-state index is 16.7. The number of non-ortho nitro benzene ring substituents is 4. The summed E-state index contributed by atoms with van der Waals surface area (Å²) >= 11 is 0. The predicted molar refractivity (Wildman–Crippen MR) is 352 cm³/mol. The third-order valence-electron chi connectivity index (χ3n) is 12.8. The Bertz CT molecular complexity index is 2940. The fraction of sp³-hybridized carbons (Fsp3) is 0.375. The summed E-state index contributed by atoms with van der Waals surface area (Å²) in [6.45, 7) is 22.8. The average molecular weight is 1270 g/mol. The standard InChI is InChI=1S/C64H84N8O15P2/c1-45(2)17-13-21-49(9)41-61(65-53-25-33-57(34-26-53)69(73)74)83-88(81,84-62(42-50(10)22-14-18-46(3)4)66-54-27-35-58(36-28-54)70(75)76)87-89(82,85-63(43-51(11)23-15-19-47(5)6)67-55-29-37-59(38-30-55)71(77)78)86-64(44-52(12)24-16-20-48(7)8)68-56-31-39-60(40-32-56)72(79)80/h17-20,25-44,61-68H,13-16,21-24H2,1-12H3/b49-41+,50-42+,51-43+,52-44+. The van der Waals surface area contributed by atoms with E-state index in [-0.39, 0.29) is 45.5 Å². The smallest absolute Gasteiger partial charge is 0.356 e. The number of allylic oxidation sites excluding steroid dienone is 12. The lowest BCUT2D eigenvalue weighted by molar-refractivity contribution is -0.385. The molecule has 0 aliphatic rings. The van der Waals surface area contributed by atoms with Crippen molar-refractivity contribution in [3.8, 4) is 0 Å². The molecule has 23 nitrogen and oxygen atoms in total. The molecule has 0 saturated heterocycles. The fourth-order valence-corrected chi connectivity index (χ4v) is 11.6. The van der Waals surface area contributed by atoms with E-state index in [9.17, 15) is 40.5 Å². The van der Waals surface area contributed by atoms with E-state index in [4.69, 9.17) is 22.4 Å². The zero-order chi connectivity index (χ0) is 65.8. The summed E-state index contributed by atoms with van der Waals surface area (Å²) in [5.41, 5.74) is 7.11. The highest BCUT2D eigenvalue weighted by molar-refractivity contribution is 7.62. The van der Waals surface area contributed by atoms with Crippen LogP contribution in [-0.2, 0) is 31.5 Å². The van der Waals surface area contributed by atoms with Crippen molar-refractivity contribution >= 4 is 61.1 Å². The lowest BCUT2D eigenvalue weighted by Gasteiger charge is -2.32. The lowest BCUT2D eigenvalue weighted by Crippen LogP contribution is -2.28. The van der Waals surface area contributed by atoms with Gasteiger partial charge in [0, 0.05) is 71.3 Å². The van der Waals surface area contributed by atoms with Gasteiger partial charge in [-0.3, -0.25) is 58.6 Å². The summed E-state index contributed by atoms with van der Waals surface area (Å²) in [5, 5.41) is 59.7. The van der Waals surface area contributed by atoms with Crippen LogP contribution in [0, 0.1) is 40.5 Å². The molecule has 0 aromatic heterocycles. The second-order valence-electron chi connectivity index (χ2n) is 22.2. The molecular formula is C64H84N8O15P2. The minimum Gasteiger partial charge on any atom is -0.356 e. The molecule has 0 bridgehead atoms. The van der Waals surface area contributed by atoms with Crippen LogP contribution in [0.4, 0.5) is 45.5 Å². The van der Waals surface area contributed by atoms with E-state index in [1.807, 2.05) is 79.7 Å². The number of benzene rings is 4. The zero-order valence-electron chi connectivity index (χ0n) is 52.6. The largest absolute Gasteiger partial charge is 0.488 e. The molecule has 480 valence electrons. The highest BCUT2D eigenvalue weighted by Crippen LogP contribution is 2.68. The highest BCUT2D eigenvalue weighted by Gasteiger charge is 2.47. The Morgan fingerprint density at radius 1 is 0.360 bits per heavy atom. The Balaban J connectivity index is 2.14. The van der Waals surface area contributed by atoms with Gasteiger partial charge in [0.1, 0.15) is 0 Å². The Hall–Kier alpha value is -8.14. The molecule has 4 unspecified atom stereocenters. The molecule has 0 spiro atoms. The van der Waals surface area contributed by atoms with Gasteiger partial charge in [-0.15, -0.1) is 0 Å². The van der Waals surface area contributed by atoms with Crippen LogP contribution in [0.3, 0.4) is 0 Å². The minimum absolute atomic E-state index is 0.225. The van der Waals surface area contributed by atoms with Crippen molar-refractivity contribution in [2.24, 2.45) is 0 Å². The van der Waals surface area contributed by atoms with Gasteiger partial charge in [0.05, 0.1) is 19.7 Å². The van der Waals surface area contributed by atoms with Gasteiger partial charge in [0.15, 0.2) is 24.9 Å². The molecule has 0 amide bonds. The number of anilines is 4. The second-order valence-corrected chi connectivity index (χ2v) is 25.5. The summed E-state index contributed by atoms with van der Waals surface area (Å²) in [7, 11) is -11.3. The van der Waals surface area contributed by atoms with Gasteiger partial charge >= 0.3 is 15.6 Å². The normalized spacial score (nSPS) is 14.7. The monoisotopic (exact) mass is 1270 g/mol. The minimum atomic E-state index is -5.64. The number of phosphoric ester groups is 2. The van der Waals surface area contributed by atoms with Gasteiger partial charge < -0.3 is 21.3 Å². The summed E-state index contributed by atoms with van der Waals surface area (Å²) in [4.78, 5) is 44.9. The van der Waals surface area contributed by atoms with Crippen molar-refractivity contribution in [1.29, 1.82) is 0 Å². The van der Waals surface area contributed by atoms with Gasteiger partial charge in [-0.2, -0.15) is 4.31 Å². The number of nitro benzene ring substituents is 4. The van der Waals surface area contributed by atoms with Gasteiger partial charge in [-0.05, 0) is 207 Å². The zero-order valence-corrected chi connectivity index (χ0v) is 54.4. The summed E-state index contributed by atoms with van der Waals surface area (Å²) < 4.78 is 66.1. The summed E-state index contributed by atoms with van der Waals surface area (Å²) in [6.07, 6.45) is 12.5. The Morgan fingerprint density at radius 2 is 0.539 bits per heavy atom. The molecule has 4 N–H and O–H groups in total. The number of nitrogens with one attached hydrogen (secondary N) is 4. The van der Waals surface area contributed by atoms with Crippen molar-refractivity contribution in [1.82, 2.24) is 0 Å². The first-order chi connectivity index (χ1) is 42.0. The number of nitro groups is 4. The van der Waals surface area contributed by atoms with Crippen LogP contribution in [0.15, 0.2) is 190 Å².